The number of nitrogens with one attached hydrogen (secondary N) is 1. The third-order valence-corrected chi connectivity index (χ3v) is 4.39. The van der Waals surface area contributed by atoms with Crippen LogP contribution in [0.15, 0.2) is 43.0 Å². The van der Waals surface area contributed by atoms with Crippen LogP contribution >= 0.6 is 0 Å². The fourth-order valence-corrected chi connectivity index (χ4v) is 3.32. The number of nitrogens with zero attached hydrogens (tertiary/aromatic N) is 3. The Morgan fingerprint density at radius 1 is 1.30 bits per heavy atom. The SMILES string of the molecule is O=C(O)n1ccc2c1CCCC2Nc1ccnc2ccncc12. The highest BCUT2D eigenvalue weighted by atomic mass is 16.4. The molecule has 0 saturated heterocycles. The summed E-state index contributed by atoms with van der Waals surface area (Å²) in [4.78, 5) is 19.8. The quantitative estimate of drug-likeness (QED) is 0.758. The maximum atomic E-state index is 11.3. The molecule has 116 valence electrons. The van der Waals surface area contributed by atoms with Gasteiger partial charge in [-0.15, -0.1) is 0 Å². The Hall–Kier alpha value is -2.89. The lowest BCUT2D eigenvalue weighted by molar-refractivity contribution is 0.195. The Morgan fingerprint density at radius 2 is 2.22 bits per heavy atom. The van der Waals surface area contributed by atoms with Crippen LogP contribution in [0.25, 0.3) is 10.9 Å². The fourth-order valence-electron chi connectivity index (χ4n) is 3.32. The second-order valence-electron chi connectivity index (χ2n) is 5.71. The maximum absolute atomic E-state index is 11.3. The highest BCUT2D eigenvalue weighted by Crippen LogP contribution is 2.34. The molecule has 1 aliphatic carbocycles. The van der Waals surface area contributed by atoms with Crippen molar-refractivity contribution in [2.45, 2.75) is 25.3 Å². The molecule has 3 heterocycles. The van der Waals surface area contributed by atoms with Crippen LogP contribution in [0.4, 0.5) is 10.5 Å². The average Bonchev–Trinajstić information content (AvgIpc) is 3.00. The Morgan fingerprint density at radius 3 is 3.09 bits per heavy atom. The molecule has 0 radical (unpaired) electrons. The summed E-state index contributed by atoms with van der Waals surface area (Å²) in [6.07, 6.45) is 8.75. The summed E-state index contributed by atoms with van der Waals surface area (Å²) in [5.74, 6) is 0. The Bertz CT molecular complexity index is 882. The van der Waals surface area contributed by atoms with Gasteiger partial charge in [-0.05, 0) is 43.0 Å². The van der Waals surface area contributed by atoms with E-state index in [0.717, 1.165) is 47.1 Å². The number of rotatable bonds is 2. The van der Waals surface area contributed by atoms with Crippen molar-refractivity contribution < 1.29 is 9.90 Å². The van der Waals surface area contributed by atoms with E-state index in [1.807, 2.05) is 18.2 Å². The van der Waals surface area contributed by atoms with Gasteiger partial charge in [-0.25, -0.2) is 4.79 Å². The lowest BCUT2D eigenvalue weighted by Crippen LogP contribution is -2.20. The molecule has 6 heteroatoms. The van der Waals surface area contributed by atoms with Crippen LogP contribution < -0.4 is 5.32 Å². The smallest absolute Gasteiger partial charge is 0.415 e. The standard InChI is InChI=1S/C17H16N4O2/c22-17(23)21-9-6-11-14(2-1-3-16(11)21)20-15-5-8-19-13-4-7-18-10-12(13)15/h4-10,14H,1-3H2,(H,19,20)(H,22,23). The predicted molar refractivity (Wildman–Crippen MR) is 86.7 cm³/mol. The number of carbonyl (C=O) groups is 1. The van der Waals surface area contributed by atoms with Gasteiger partial charge in [-0.3, -0.25) is 14.5 Å². The van der Waals surface area contributed by atoms with E-state index in [4.69, 9.17) is 0 Å². The molecule has 0 aliphatic heterocycles. The van der Waals surface area contributed by atoms with E-state index in [-0.39, 0.29) is 6.04 Å². The molecule has 3 aromatic heterocycles. The molecule has 2 N–H and O–H groups in total. The zero-order valence-electron chi connectivity index (χ0n) is 12.4. The molecule has 23 heavy (non-hydrogen) atoms. The second kappa shape index (κ2) is 5.39. The van der Waals surface area contributed by atoms with E-state index in [9.17, 15) is 9.90 Å². The number of anilines is 1. The topological polar surface area (TPSA) is 80.0 Å². The van der Waals surface area contributed by atoms with Gasteiger partial charge in [0.2, 0.25) is 0 Å². The van der Waals surface area contributed by atoms with Gasteiger partial charge in [0, 0.05) is 41.6 Å². The van der Waals surface area contributed by atoms with Crippen LogP contribution in [0.3, 0.4) is 0 Å². The molecule has 0 fully saturated rings. The van der Waals surface area contributed by atoms with Crippen molar-refractivity contribution in [3.63, 3.8) is 0 Å². The van der Waals surface area contributed by atoms with Gasteiger partial charge in [0.15, 0.2) is 0 Å². The fraction of sp³-hybridized carbons (Fsp3) is 0.235. The van der Waals surface area contributed by atoms with E-state index >= 15 is 0 Å². The third kappa shape index (κ3) is 2.32. The highest BCUT2D eigenvalue weighted by Gasteiger charge is 2.25. The summed E-state index contributed by atoms with van der Waals surface area (Å²) < 4.78 is 1.33. The molecule has 4 rings (SSSR count). The van der Waals surface area contributed by atoms with Crippen LogP contribution in [0.5, 0.6) is 0 Å². The summed E-state index contributed by atoms with van der Waals surface area (Å²) in [6.45, 7) is 0. The molecule has 1 aliphatic rings. The lowest BCUT2D eigenvalue weighted by Gasteiger charge is -2.26. The highest BCUT2D eigenvalue weighted by molar-refractivity contribution is 5.90. The Kier molecular flexibility index (Phi) is 3.22. The molecule has 0 amide bonds. The van der Waals surface area contributed by atoms with Crippen molar-refractivity contribution in [2.75, 3.05) is 5.32 Å². The van der Waals surface area contributed by atoms with E-state index in [1.54, 1.807) is 24.8 Å². The van der Waals surface area contributed by atoms with Gasteiger partial charge in [-0.2, -0.15) is 0 Å². The lowest BCUT2D eigenvalue weighted by atomic mass is 9.92. The minimum atomic E-state index is -0.925. The molecule has 0 aromatic carbocycles. The van der Waals surface area contributed by atoms with Gasteiger partial charge < -0.3 is 10.4 Å². The Labute approximate surface area is 132 Å². The molecule has 0 bridgehead atoms. The van der Waals surface area contributed by atoms with Crippen LogP contribution in [0.2, 0.25) is 0 Å². The zero-order chi connectivity index (χ0) is 15.8. The van der Waals surface area contributed by atoms with Gasteiger partial charge in [0.05, 0.1) is 11.6 Å². The molecular formula is C17H16N4O2. The van der Waals surface area contributed by atoms with E-state index in [1.165, 1.54) is 4.57 Å². The van der Waals surface area contributed by atoms with Crippen LogP contribution in [-0.4, -0.2) is 25.7 Å². The van der Waals surface area contributed by atoms with Gasteiger partial charge in [0.1, 0.15) is 0 Å². The van der Waals surface area contributed by atoms with Crippen molar-refractivity contribution >= 4 is 22.7 Å². The van der Waals surface area contributed by atoms with Gasteiger partial charge in [-0.1, -0.05) is 0 Å². The van der Waals surface area contributed by atoms with Crippen molar-refractivity contribution in [1.29, 1.82) is 0 Å². The minimum absolute atomic E-state index is 0.102. The molecule has 1 unspecified atom stereocenters. The van der Waals surface area contributed by atoms with Crippen LogP contribution in [0.1, 0.15) is 30.1 Å². The summed E-state index contributed by atoms with van der Waals surface area (Å²) in [5.41, 5.74) is 3.82. The van der Waals surface area contributed by atoms with Crippen molar-refractivity contribution in [3.05, 3.63) is 54.2 Å². The van der Waals surface area contributed by atoms with Gasteiger partial charge >= 0.3 is 6.09 Å². The number of fused-ring (bicyclic) bond motifs is 2. The van der Waals surface area contributed by atoms with E-state index < -0.39 is 6.09 Å². The van der Waals surface area contributed by atoms with Crippen LogP contribution in [-0.2, 0) is 6.42 Å². The number of hydrogen-bond acceptors (Lipinski definition) is 4. The molecule has 0 spiro atoms. The normalized spacial score (nSPS) is 17.0. The largest absolute Gasteiger partial charge is 0.464 e. The molecular weight excluding hydrogens is 292 g/mol. The zero-order valence-corrected chi connectivity index (χ0v) is 12.4. The van der Waals surface area contributed by atoms with Crippen molar-refractivity contribution in [1.82, 2.24) is 14.5 Å². The van der Waals surface area contributed by atoms with E-state index in [0.29, 0.717) is 0 Å². The summed E-state index contributed by atoms with van der Waals surface area (Å²) in [6, 6.07) is 5.83. The molecule has 0 saturated carbocycles. The summed E-state index contributed by atoms with van der Waals surface area (Å²) in [5, 5.41) is 13.8. The monoisotopic (exact) mass is 308 g/mol. The first kappa shape index (κ1) is 13.8. The number of carboxylic acid groups (broad SMARTS) is 1. The maximum Gasteiger partial charge on any atom is 0.415 e. The minimum Gasteiger partial charge on any atom is -0.464 e. The first-order chi connectivity index (χ1) is 11.2. The van der Waals surface area contributed by atoms with E-state index in [2.05, 4.69) is 15.3 Å². The van der Waals surface area contributed by atoms with Crippen LogP contribution in [0, 0.1) is 0 Å². The first-order valence-electron chi connectivity index (χ1n) is 7.63. The molecule has 1 atom stereocenters. The van der Waals surface area contributed by atoms with Crippen molar-refractivity contribution in [3.8, 4) is 0 Å². The predicted octanol–water partition coefficient (Wildman–Crippen LogP) is 3.45. The summed E-state index contributed by atoms with van der Waals surface area (Å²) >= 11 is 0. The van der Waals surface area contributed by atoms with Gasteiger partial charge in [0.25, 0.3) is 0 Å². The second-order valence-corrected chi connectivity index (χ2v) is 5.71. The number of aromatic nitrogens is 3. The Balaban J connectivity index is 1.72. The van der Waals surface area contributed by atoms with Crippen molar-refractivity contribution in [2.24, 2.45) is 0 Å². The summed E-state index contributed by atoms with van der Waals surface area (Å²) in [7, 11) is 0. The molecule has 6 nitrogen and oxygen atoms in total. The first-order valence-corrected chi connectivity index (χ1v) is 7.63. The number of pyridine rings is 2. The third-order valence-electron chi connectivity index (χ3n) is 4.39. The number of hydrogen-bond donors (Lipinski definition) is 2. The molecule has 3 aromatic rings. The average molecular weight is 308 g/mol.